The van der Waals surface area contributed by atoms with Gasteiger partial charge in [-0.15, -0.1) is 0 Å². The Morgan fingerprint density at radius 2 is 2.29 bits per heavy atom. The van der Waals surface area contributed by atoms with E-state index in [1.165, 1.54) is 0 Å². The lowest BCUT2D eigenvalue weighted by Crippen LogP contribution is -2.18. The third-order valence-corrected chi connectivity index (χ3v) is 2.03. The zero-order valence-corrected chi connectivity index (χ0v) is 9.13. The minimum absolute atomic E-state index is 0.0739. The van der Waals surface area contributed by atoms with Crippen molar-refractivity contribution in [1.82, 2.24) is 15.1 Å². The van der Waals surface area contributed by atoms with Crippen LogP contribution in [0.4, 0.5) is 0 Å². The maximum atomic E-state index is 11.4. The van der Waals surface area contributed by atoms with E-state index in [0.717, 1.165) is 25.2 Å². The van der Waals surface area contributed by atoms with E-state index in [9.17, 15) is 4.79 Å². The highest BCUT2D eigenvalue weighted by molar-refractivity contribution is 5.00. The average molecular weight is 197 g/mol. The van der Waals surface area contributed by atoms with Crippen LogP contribution in [0.5, 0.6) is 0 Å². The maximum absolute atomic E-state index is 11.4. The molecule has 0 radical (unpaired) electrons. The number of H-pyrrole nitrogens is 1. The van der Waals surface area contributed by atoms with Crippen molar-refractivity contribution in [3.05, 3.63) is 22.1 Å². The number of hydrogen-bond donors (Lipinski definition) is 2. The van der Waals surface area contributed by atoms with E-state index < -0.39 is 0 Å². The van der Waals surface area contributed by atoms with Gasteiger partial charge in [-0.25, -0.2) is 0 Å². The fourth-order valence-electron chi connectivity index (χ4n) is 1.38. The van der Waals surface area contributed by atoms with E-state index in [4.69, 9.17) is 0 Å². The number of nitrogens with zero attached hydrogens (tertiary/aromatic N) is 1. The van der Waals surface area contributed by atoms with Crippen LogP contribution in [0.25, 0.3) is 0 Å². The smallest absolute Gasteiger partial charge is 0.266 e. The van der Waals surface area contributed by atoms with Crippen LogP contribution in [0, 0.1) is 5.92 Å². The van der Waals surface area contributed by atoms with E-state index in [-0.39, 0.29) is 5.56 Å². The predicted molar refractivity (Wildman–Crippen MR) is 57.5 cm³/mol. The standard InChI is InChI=1S/C10H19N3O/c1-8(2)7-13-10(14)6-9(12-13)4-5-11-3/h6,8,11-12H,4-5,7H2,1-3H3. The number of aromatic amines is 1. The molecule has 0 fully saturated rings. The first-order valence-corrected chi connectivity index (χ1v) is 5.06. The largest absolute Gasteiger partial charge is 0.319 e. The third kappa shape index (κ3) is 3.03. The van der Waals surface area contributed by atoms with Gasteiger partial charge >= 0.3 is 0 Å². The first-order chi connectivity index (χ1) is 6.63. The molecule has 0 amide bonds. The van der Waals surface area contributed by atoms with Gasteiger partial charge in [0.25, 0.3) is 5.56 Å². The molecule has 0 bridgehead atoms. The zero-order chi connectivity index (χ0) is 10.6. The Morgan fingerprint density at radius 3 is 2.86 bits per heavy atom. The van der Waals surface area contributed by atoms with Gasteiger partial charge in [0, 0.05) is 31.3 Å². The van der Waals surface area contributed by atoms with Gasteiger partial charge < -0.3 is 5.32 Å². The second-order valence-electron chi connectivity index (χ2n) is 3.98. The molecule has 0 aromatic carbocycles. The number of nitrogens with one attached hydrogen (secondary N) is 2. The van der Waals surface area contributed by atoms with Crippen LogP contribution >= 0.6 is 0 Å². The van der Waals surface area contributed by atoms with E-state index in [2.05, 4.69) is 24.3 Å². The molecule has 1 aromatic heterocycles. The summed E-state index contributed by atoms with van der Waals surface area (Å²) >= 11 is 0. The van der Waals surface area contributed by atoms with Crippen molar-refractivity contribution in [2.45, 2.75) is 26.8 Å². The number of rotatable bonds is 5. The molecule has 2 N–H and O–H groups in total. The summed E-state index contributed by atoms with van der Waals surface area (Å²) in [5.41, 5.74) is 1.08. The average Bonchev–Trinajstić information content (AvgIpc) is 2.43. The Morgan fingerprint density at radius 1 is 1.57 bits per heavy atom. The SMILES string of the molecule is CNCCc1cc(=O)n(CC(C)C)[nH]1. The first-order valence-electron chi connectivity index (χ1n) is 5.06. The van der Waals surface area contributed by atoms with Crippen LogP contribution in [0.3, 0.4) is 0 Å². The van der Waals surface area contributed by atoms with Gasteiger partial charge in [0.05, 0.1) is 0 Å². The second-order valence-corrected chi connectivity index (χ2v) is 3.98. The van der Waals surface area contributed by atoms with Crippen LogP contribution in [0.2, 0.25) is 0 Å². The summed E-state index contributed by atoms with van der Waals surface area (Å²) in [6.45, 7) is 5.85. The van der Waals surface area contributed by atoms with Crippen molar-refractivity contribution in [3.8, 4) is 0 Å². The highest BCUT2D eigenvalue weighted by atomic mass is 16.1. The van der Waals surface area contributed by atoms with Gasteiger partial charge in [-0.3, -0.25) is 14.6 Å². The Balaban J connectivity index is 2.67. The number of aromatic nitrogens is 2. The monoisotopic (exact) mass is 197 g/mol. The van der Waals surface area contributed by atoms with E-state index in [1.807, 2.05) is 7.05 Å². The lowest BCUT2D eigenvalue weighted by Gasteiger charge is -2.04. The fourth-order valence-corrected chi connectivity index (χ4v) is 1.38. The first kappa shape index (κ1) is 11.0. The summed E-state index contributed by atoms with van der Waals surface area (Å²) < 4.78 is 1.68. The maximum Gasteiger partial charge on any atom is 0.266 e. The lowest BCUT2D eigenvalue weighted by molar-refractivity contribution is 0.469. The Hall–Kier alpha value is -1.03. The molecule has 0 aliphatic rings. The van der Waals surface area contributed by atoms with E-state index in [1.54, 1.807) is 10.7 Å². The van der Waals surface area contributed by atoms with E-state index in [0.29, 0.717) is 5.92 Å². The number of likely N-dealkylation sites (N-methyl/N-ethyl adjacent to an activating group) is 1. The summed E-state index contributed by atoms with van der Waals surface area (Å²) in [5, 5.41) is 6.17. The molecule has 1 rings (SSSR count). The summed E-state index contributed by atoms with van der Waals surface area (Å²) in [6.07, 6.45) is 0.872. The molecule has 80 valence electrons. The molecule has 4 nitrogen and oxygen atoms in total. The van der Waals surface area contributed by atoms with Gasteiger partial charge in [0.15, 0.2) is 0 Å². The molecule has 1 aromatic rings. The van der Waals surface area contributed by atoms with Crippen molar-refractivity contribution in [3.63, 3.8) is 0 Å². The topological polar surface area (TPSA) is 49.8 Å². The molecule has 4 heteroatoms. The van der Waals surface area contributed by atoms with Crippen molar-refractivity contribution >= 4 is 0 Å². The summed E-state index contributed by atoms with van der Waals surface area (Å²) in [6, 6.07) is 1.68. The minimum Gasteiger partial charge on any atom is -0.319 e. The molecule has 0 atom stereocenters. The highest BCUT2D eigenvalue weighted by Gasteiger charge is 2.03. The molecule has 0 saturated heterocycles. The third-order valence-electron chi connectivity index (χ3n) is 2.03. The Labute approximate surface area is 84.3 Å². The van der Waals surface area contributed by atoms with Gasteiger partial charge in [0.2, 0.25) is 0 Å². The number of hydrogen-bond acceptors (Lipinski definition) is 2. The molecule has 0 aliphatic heterocycles. The van der Waals surface area contributed by atoms with Crippen molar-refractivity contribution in [2.75, 3.05) is 13.6 Å². The normalized spacial score (nSPS) is 11.1. The van der Waals surface area contributed by atoms with Gasteiger partial charge in [-0.2, -0.15) is 0 Å². The van der Waals surface area contributed by atoms with Crippen molar-refractivity contribution < 1.29 is 0 Å². The molecule has 1 heterocycles. The summed E-state index contributed by atoms with van der Waals surface area (Å²) in [5.74, 6) is 0.489. The molecular weight excluding hydrogens is 178 g/mol. The second kappa shape index (κ2) is 5.00. The molecule has 0 aliphatic carbocycles. The van der Waals surface area contributed by atoms with Crippen LogP contribution in [-0.2, 0) is 13.0 Å². The zero-order valence-electron chi connectivity index (χ0n) is 9.13. The van der Waals surface area contributed by atoms with Crippen molar-refractivity contribution in [1.29, 1.82) is 0 Å². The summed E-state index contributed by atoms with van der Waals surface area (Å²) in [4.78, 5) is 11.4. The van der Waals surface area contributed by atoms with Crippen LogP contribution < -0.4 is 10.9 Å². The lowest BCUT2D eigenvalue weighted by atomic mass is 10.2. The molecule has 0 unspecified atom stereocenters. The van der Waals surface area contributed by atoms with Crippen LogP contribution in [-0.4, -0.2) is 23.4 Å². The molecule has 14 heavy (non-hydrogen) atoms. The molecule has 0 spiro atoms. The van der Waals surface area contributed by atoms with Gasteiger partial charge in [0.1, 0.15) is 0 Å². The summed E-state index contributed by atoms with van der Waals surface area (Å²) in [7, 11) is 1.91. The van der Waals surface area contributed by atoms with Gasteiger partial charge in [-0.1, -0.05) is 13.8 Å². The van der Waals surface area contributed by atoms with Crippen LogP contribution in [0.15, 0.2) is 10.9 Å². The Bertz CT molecular complexity index is 324. The van der Waals surface area contributed by atoms with E-state index >= 15 is 0 Å². The quantitative estimate of drug-likeness (QED) is 0.726. The highest BCUT2D eigenvalue weighted by Crippen LogP contribution is 1.97. The van der Waals surface area contributed by atoms with Crippen LogP contribution in [0.1, 0.15) is 19.5 Å². The predicted octanol–water partition coefficient (Wildman–Crippen LogP) is 0.594. The fraction of sp³-hybridized carbons (Fsp3) is 0.700. The van der Waals surface area contributed by atoms with Gasteiger partial charge in [-0.05, 0) is 13.0 Å². The van der Waals surface area contributed by atoms with Crippen molar-refractivity contribution in [2.24, 2.45) is 5.92 Å². The molecular formula is C10H19N3O. The Kier molecular flexibility index (Phi) is 3.95. The minimum atomic E-state index is 0.0739. The molecule has 0 saturated carbocycles.